The van der Waals surface area contributed by atoms with Crippen molar-refractivity contribution in [2.75, 3.05) is 18.9 Å². The van der Waals surface area contributed by atoms with Crippen LogP contribution < -0.4 is 10.6 Å². The fourth-order valence-electron chi connectivity index (χ4n) is 2.79. The van der Waals surface area contributed by atoms with Gasteiger partial charge in [0.15, 0.2) is 0 Å². The number of aryl methyl sites for hydroxylation is 1. The molecule has 1 saturated carbocycles. The van der Waals surface area contributed by atoms with Gasteiger partial charge in [0.2, 0.25) is 0 Å². The van der Waals surface area contributed by atoms with E-state index < -0.39 is 11.8 Å². The molecule has 0 radical (unpaired) electrons. The number of carbonyl (C=O) groups is 2. The molecule has 1 aliphatic carbocycles. The molecule has 0 aliphatic heterocycles. The minimum absolute atomic E-state index is 0.185. The van der Waals surface area contributed by atoms with Crippen LogP contribution >= 0.6 is 0 Å². The lowest BCUT2D eigenvalue weighted by Gasteiger charge is -2.24. The molecule has 0 saturated heterocycles. The number of aromatic nitrogens is 3. The summed E-state index contributed by atoms with van der Waals surface area (Å²) in [6, 6.07) is 4.39. The van der Waals surface area contributed by atoms with Gasteiger partial charge in [-0.25, -0.2) is 0 Å². The molecule has 2 aromatic rings. The Bertz CT molecular complexity index is 784. The van der Waals surface area contributed by atoms with Gasteiger partial charge < -0.3 is 10.6 Å². The van der Waals surface area contributed by atoms with Crippen LogP contribution in [0, 0.1) is 0 Å². The van der Waals surface area contributed by atoms with Crippen LogP contribution in [0.25, 0.3) is 11.3 Å². The van der Waals surface area contributed by atoms with Gasteiger partial charge >= 0.3 is 11.8 Å². The van der Waals surface area contributed by atoms with Crippen molar-refractivity contribution in [1.29, 1.82) is 0 Å². The number of hydrogen-bond donors (Lipinski definition) is 2. The van der Waals surface area contributed by atoms with E-state index in [1.54, 1.807) is 42.5 Å². The van der Waals surface area contributed by atoms with Crippen molar-refractivity contribution in [3.8, 4) is 11.3 Å². The Morgan fingerprint density at radius 3 is 2.65 bits per heavy atom. The van der Waals surface area contributed by atoms with Crippen LogP contribution in [0.1, 0.15) is 19.8 Å². The molecule has 2 amide bonds. The minimum Gasteiger partial charge on any atom is -0.346 e. The predicted octanol–water partition coefficient (Wildman–Crippen LogP) is 1.02. The van der Waals surface area contributed by atoms with E-state index in [0.29, 0.717) is 24.0 Å². The average Bonchev–Trinajstić information content (AvgIpc) is 3.42. The van der Waals surface area contributed by atoms with Gasteiger partial charge in [0, 0.05) is 49.8 Å². The van der Waals surface area contributed by atoms with Crippen LogP contribution in [0.3, 0.4) is 0 Å². The molecule has 8 heteroatoms. The van der Waals surface area contributed by atoms with Crippen LogP contribution in [-0.2, 0) is 16.6 Å². The summed E-state index contributed by atoms with van der Waals surface area (Å²) in [6.45, 7) is 2.47. The number of nitrogens with zero attached hydrogens (tertiary/aromatic N) is 4. The standard InChI is InChI=1S/C18H24N6O2/c1-12(24(3)14-4-5-14)10-20-17(25)18(26)21-15-11-23(2)22-16(15)13-6-8-19-9-7-13/h6-9,11-12,14H,4-5,10H2,1-3H3,(H,20,25)(H,21,26). The second-order valence-electron chi connectivity index (χ2n) is 6.71. The van der Waals surface area contributed by atoms with E-state index in [2.05, 4.69) is 25.6 Å². The van der Waals surface area contributed by atoms with Crippen molar-refractivity contribution >= 4 is 17.5 Å². The molecule has 0 bridgehead atoms. The minimum atomic E-state index is -0.699. The van der Waals surface area contributed by atoms with Gasteiger partial charge in [0.1, 0.15) is 5.69 Å². The SMILES string of the molecule is CC(CNC(=O)C(=O)Nc1cn(C)nc1-c1ccncc1)N(C)C1CC1. The number of pyridine rings is 1. The predicted molar refractivity (Wildman–Crippen MR) is 98.3 cm³/mol. The molecular weight excluding hydrogens is 332 g/mol. The Balaban J connectivity index is 1.60. The van der Waals surface area contributed by atoms with Crippen LogP contribution in [0.4, 0.5) is 5.69 Å². The fourth-order valence-corrected chi connectivity index (χ4v) is 2.79. The normalized spacial score (nSPS) is 14.9. The molecule has 2 heterocycles. The monoisotopic (exact) mass is 356 g/mol. The molecule has 2 N–H and O–H groups in total. The second kappa shape index (κ2) is 7.65. The highest BCUT2D eigenvalue weighted by Gasteiger charge is 2.29. The first kappa shape index (κ1) is 18.1. The summed E-state index contributed by atoms with van der Waals surface area (Å²) in [5, 5.41) is 9.70. The average molecular weight is 356 g/mol. The Kier molecular flexibility index (Phi) is 5.32. The zero-order valence-corrected chi connectivity index (χ0v) is 15.3. The maximum absolute atomic E-state index is 12.2. The smallest absolute Gasteiger partial charge is 0.313 e. The maximum atomic E-state index is 12.2. The molecule has 1 atom stereocenters. The van der Waals surface area contributed by atoms with Crippen LogP contribution in [0.5, 0.6) is 0 Å². The third kappa shape index (κ3) is 4.26. The molecule has 138 valence electrons. The second-order valence-corrected chi connectivity index (χ2v) is 6.71. The van der Waals surface area contributed by atoms with Crippen LogP contribution in [0.15, 0.2) is 30.7 Å². The van der Waals surface area contributed by atoms with Gasteiger partial charge in [-0.05, 0) is 38.9 Å². The summed E-state index contributed by atoms with van der Waals surface area (Å²) >= 11 is 0. The van der Waals surface area contributed by atoms with Crippen molar-refractivity contribution in [3.05, 3.63) is 30.7 Å². The van der Waals surface area contributed by atoms with E-state index in [0.717, 1.165) is 5.56 Å². The number of amides is 2. The first-order valence-corrected chi connectivity index (χ1v) is 8.71. The lowest BCUT2D eigenvalue weighted by molar-refractivity contribution is -0.136. The van der Waals surface area contributed by atoms with E-state index in [1.165, 1.54) is 12.8 Å². The van der Waals surface area contributed by atoms with Crippen molar-refractivity contribution in [2.24, 2.45) is 7.05 Å². The summed E-state index contributed by atoms with van der Waals surface area (Å²) in [4.78, 5) is 30.6. The van der Waals surface area contributed by atoms with E-state index in [9.17, 15) is 9.59 Å². The highest BCUT2D eigenvalue weighted by molar-refractivity contribution is 6.39. The molecule has 3 rings (SSSR count). The van der Waals surface area contributed by atoms with E-state index in [1.807, 2.05) is 14.0 Å². The molecule has 1 fully saturated rings. The first-order valence-electron chi connectivity index (χ1n) is 8.71. The van der Waals surface area contributed by atoms with E-state index >= 15 is 0 Å². The fraction of sp³-hybridized carbons (Fsp3) is 0.444. The largest absolute Gasteiger partial charge is 0.346 e. The number of hydrogen-bond acceptors (Lipinski definition) is 5. The van der Waals surface area contributed by atoms with Crippen molar-refractivity contribution in [2.45, 2.75) is 31.8 Å². The summed E-state index contributed by atoms with van der Waals surface area (Å²) in [5.74, 6) is -1.35. The summed E-state index contributed by atoms with van der Waals surface area (Å²) in [7, 11) is 3.81. The molecular formula is C18H24N6O2. The van der Waals surface area contributed by atoms with E-state index in [-0.39, 0.29) is 6.04 Å². The Hall–Kier alpha value is -2.74. The molecule has 0 aromatic carbocycles. The lowest BCUT2D eigenvalue weighted by Crippen LogP contribution is -2.44. The van der Waals surface area contributed by atoms with Gasteiger partial charge in [0.05, 0.1) is 5.69 Å². The van der Waals surface area contributed by atoms with Crippen LogP contribution in [0.2, 0.25) is 0 Å². The molecule has 0 spiro atoms. The Morgan fingerprint density at radius 1 is 1.31 bits per heavy atom. The van der Waals surface area contributed by atoms with Crippen molar-refractivity contribution in [3.63, 3.8) is 0 Å². The summed E-state index contributed by atoms with van der Waals surface area (Å²) in [6.07, 6.45) is 7.38. The third-order valence-electron chi connectivity index (χ3n) is 4.61. The number of nitrogens with one attached hydrogen (secondary N) is 2. The maximum Gasteiger partial charge on any atom is 0.313 e. The quantitative estimate of drug-likeness (QED) is 0.754. The van der Waals surface area contributed by atoms with Gasteiger partial charge in [0.25, 0.3) is 0 Å². The van der Waals surface area contributed by atoms with E-state index in [4.69, 9.17) is 0 Å². The number of anilines is 1. The molecule has 8 nitrogen and oxygen atoms in total. The highest BCUT2D eigenvalue weighted by atomic mass is 16.2. The topological polar surface area (TPSA) is 92.2 Å². The number of rotatable bonds is 6. The lowest BCUT2D eigenvalue weighted by atomic mass is 10.2. The van der Waals surface area contributed by atoms with Gasteiger partial charge in [-0.15, -0.1) is 0 Å². The molecule has 1 unspecified atom stereocenters. The van der Waals surface area contributed by atoms with Crippen molar-refractivity contribution < 1.29 is 9.59 Å². The Morgan fingerprint density at radius 2 is 2.00 bits per heavy atom. The van der Waals surface area contributed by atoms with Gasteiger partial charge in [-0.3, -0.25) is 24.2 Å². The third-order valence-corrected chi connectivity index (χ3v) is 4.61. The number of carbonyl (C=O) groups excluding carboxylic acids is 2. The zero-order valence-electron chi connectivity index (χ0n) is 15.3. The summed E-state index contributed by atoms with van der Waals surface area (Å²) < 4.78 is 1.59. The number of likely N-dealkylation sites (N-methyl/N-ethyl adjacent to an activating group) is 1. The highest BCUT2D eigenvalue weighted by Crippen LogP contribution is 2.27. The van der Waals surface area contributed by atoms with Gasteiger partial charge in [-0.2, -0.15) is 5.10 Å². The van der Waals surface area contributed by atoms with Crippen LogP contribution in [-0.4, -0.2) is 57.2 Å². The zero-order chi connectivity index (χ0) is 18.7. The van der Waals surface area contributed by atoms with Gasteiger partial charge in [-0.1, -0.05) is 0 Å². The Labute approximate surface area is 152 Å². The molecule has 2 aromatic heterocycles. The molecule has 1 aliphatic rings. The summed E-state index contributed by atoms with van der Waals surface area (Å²) in [5.41, 5.74) is 1.90. The van der Waals surface area contributed by atoms with Crippen molar-refractivity contribution in [1.82, 2.24) is 25.0 Å². The first-order chi connectivity index (χ1) is 12.5. The molecule has 26 heavy (non-hydrogen) atoms.